The quantitative estimate of drug-likeness (QED) is 0.619. The SMILES string of the molecule is COc1cccc(-c2noc(CN(C)S(=O)(=O)Cc3cccc(C)c3)n2)c1. The highest BCUT2D eigenvalue weighted by Crippen LogP contribution is 2.22. The van der Waals surface area contributed by atoms with Gasteiger partial charge in [0.25, 0.3) is 0 Å². The summed E-state index contributed by atoms with van der Waals surface area (Å²) in [5.74, 6) is 1.20. The molecule has 0 bridgehead atoms. The van der Waals surface area contributed by atoms with Crippen molar-refractivity contribution >= 4 is 10.0 Å². The van der Waals surface area contributed by atoms with E-state index in [1.807, 2.05) is 43.3 Å². The zero-order valence-electron chi connectivity index (χ0n) is 15.4. The molecule has 0 amide bonds. The third-order valence-corrected chi connectivity index (χ3v) is 5.84. The Morgan fingerprint density at radius 3 is 2.67 bits per heavy atom. The number of hydrogen-bond acceptors (Lipinski definition) is 6. The van der Waals surface area contributed by atoms with Gasteiger partial charge in [0, 0.05) is 12.6 Å². The second-order valence-electron chi connectivity index (χ2n) is 6.24. The van der Waals surface area contributed by atoms with Gasteiger partial charge in [-0.2, -0.15) is 9.29 Å². The van der Waals surface area contributed by atoms with Crippen LogP contribution in [0.1, 0.15) is 17.0 Å². The summed E-state index contributed by atoms with van der Waals surface area (Å²) in [4.78, 5) is 4.29. The predicted octanol–water partition coefficient (Wildman–Crippen LogP) is 3.02. The molecule has 0 aliphatic heterocycles. The first-order chi connectivity index (χ1) is 12.9. The zero-order valence-corrected chi connectivity index (χ0v) is 16.2. The molecule has 8 heteroatoms. The molecule has 3 aromatic rings. The lowest BCUT2D eigenvalue weighted by atomic mass is 10.2. The Kier molecular flexibility index (Phi) is 5.57. The van der Waals surface area contributed by atoms with Gasteiger partial charge in [-0.3, -0.25) is 0 Å². The molecule has 0 aliphatic carbocycles. The number of aromatic nitrogens is 2. The minimum atomic E-state index is -3.51. The molecule has 1 aromatic heterocycles. The van der Waals surface area contributed by atoms with E-state index in [2.05, 4.69) is 10.1 Å². The fourth-order valence-corrected chi connectivity index (χ4v) is 3.74. The molecule has 0 fully saturated rings. The van der Waals surface area contributed by atoms with Crippen LogP contribution in [0.15, 0.2) is 53.1 Å². The summed E-state index contributed by atoms with van der Waals surface area (Å²) in [6.07, 6.45) is 0. The van der Waals surface area contributed by atoms with Crippen LogP contribution in [0, 0.1) is 6.92 Å². The average molecular weight is 387 g/mol. The van der Waals surface area contributed by atoms with Crippen molar-refractivity contribution in [2.45, 2.75) is 19.2 Å². The van der Waals surface area contributed by atoms with E-state index in [-0.39, 0.29) is 18.2 Å². The van der Waals surface area contributed by atoms with E-state index >= 15 is 0 Å². The van der Waals surface area contributed by atoms with Crippen molar-refractivity contribution in [2.24, 2.45) is 0 Å². The fourth-order valence-electron chi connectivity index (χ4n) is 2.61. The number of methoxy groups -OCH3 is 1. The summed E-state index contributed by atoms with van der Waals surface area (Å²) in [6, 6.07) is 14.7. The topological polar surface area (TPSA) is 85.5 Å². The van der Waals surface area contributed by atoms with E-state index < -0.39 is 10.0 Å². The number of rotatable bonds is 7. The van der Waals surface area contributed by atoms with Gasteiger partial charge in [-0.15, -0.1) is 0 Å². The van der Waals surface area contributed by atoms with Gasteiger partial charge in [0.05, 0.1) is 19.4 Å². The molecule has 27 heavy (non-hydrogen) atoms. The van der Waals surface area contributed by atoms with E-state index in [0.717, 1.165) is 16.7 Å². The summed E-state index contributed by atoms with van der Waals surface area (Å²) in [6.45, 7) is 1.93. The highest BCUT2D eigenvalue weighted by molar-refractivity contribution is 7.88. The summed E-state index contributed by atoms with van der Waals surface area (Å²) in [5, 5.41) is 3.93. The second-order valence-corrected chi connectivity index (χ2v) is 8.32. The van der Waals surface area contributed by atoms with Crippen LogP contribution in [-0.2, 0) is 22.3 Å². The van der Waals surface area contributed by atoms with Crippen molar-refractivity contribution < 1.29 is 17.7 Å². The molecule has 0 aliphatic rings. The second kappa shape index (κ2) is 7.89. The Bertz CT molecular complexity index is 1030. The van der Waals surface area contributed by atoms with Crippen LogP contribution in [0.25, 0.3) is 11.4 Å². The van der Waals surface area contributed by atoms with E-state index in [4.69, 9.17) is 9.26 Å². The molecule has 1 heterocycles. The van der Waals surface area contributed by atoms with Gasteiger partial charge in [-0.25, -0.2) is 8.42 Å². The lowest BCUT2D eigenvalue weighted by molar-refractivity contribution is 0.336. The maximum absolute atomic E-state index is 12.6. The van der Waals surface area contributed by atoms with Gasteiger partial charge in [-0.05, 0) is 24.6 Å². The first-order valence-electron chi connectivity index (χ1n) is 8.34. The normalized spacial score (nSPS) is 11.7. The third-order valence-electron chi connectivity index (χ3n) is 4.06. The number of sulfonamides is 1. The van der Waals surface area contributed by atoms with Crippen LogP contribution in [0.2, 0.25) is 0 Å². The van der Waals surface area contributed by atoms with E-state index in [0.29, 0.717) is 11.6 Å². The molecule has 0 spiro atoms. The Hall–Kier alpha value is -2.71. The molecule has 0 saturated heterocycles. The van der Waals surface area contributed by atoms with Crippen LogP contribution in [0.4, 0.5) is 0 Å². The Morgan fingerprint density at radius 2 is 1.93 bits per heavy atom. The first-order valence-corrected chi connectivity index (χ1v) is 9.95. The van der Waals surface area contributed by atoms with Crippen LogP contribution in [0.5, 0.6) is 5.75 Å². The predicted molar refractivity (Wildman–Crippen MR) is 102 cm³/mol. The smallest absolute Gasteiger partial charge is 0.242 e. The molecule has 3 rings (SSSR count). The van der Waals surface area contributed by atoms with E-state index in [1.165, 1.54) is 11.4 Å². The average Bonchev–Trinajstić information content (AvgIpc) is 3.10. The molecular formula is C19H21N3O4S. The first kappa shape index (κ1) is 19.1. The van der Waals surface area contributed by atoms with Crippen LogP contribution < -0.4 is 4.74 Å². The molecular weight excluding hydrogens is 366 g/mol. The van der Waals surface area contributed by atoms with Gasteiger partial charge in [0.15, 0.2) is 0 Å². The molecule has 0 radical (unpaired) electrons. The van der Waals surface area contributed by atoms with Crippen molar-refractivity contribution in [3.63, 3.8) is 0 Å². The fraction of sp³-hybridized carbons (Fsp3) is 0.263. The van der Waals surface area contributed by atoms with E-state index in [1.54, 1.807) is 19.2 Å². The van der Waals surface area contributed by atoms with Gasteiger partial charge >= 0.3 is 0 Å². The minimum Gasteiger partial charge on any atom is -0.497 e. The molecule has 0 saturated carbocycles. The molecule has 2 aromatic carbocycles. The summed E-state index contributed by atoms with van der Waals surface area (Å²) in [7, 11) is -0.430. The highest BCUT2D eigenvalue weighted by Gasteiger charge is 2.21. The maximum atomic E-state index is 12.6. The van der Waals surface area contributed by atoms with Crippen LogP contribution >= 0.6 is 0 Å². The summed E-state index contributed by atoms with van der Waals surface area (Å²) < 4.78 is 36.8. The number of aryl methyl sites for hydroxylation is 1. The molecule has 0 atom stereocenters. The lowest BCUT2D eigenvalue weighted by Gasteiger charge is -2.15. The molecule has 7 nitrogen and oxygen atoms in total. The highest BCUT2D eigenvalue weighted by atomic mass is 32.2. The van der Waals surface area contributed by atoms with Crippen molar-refractivity contribution in [3.8, 4) is 17.1 Å². The lowest BCUT2D eigenvalue weighted by Crippen LogP contribution is -2.27. The van der Waals surface area contributed by atoms with Crippen molar-refractivity contribution in [1.82, 2.24) is 14.4 Å². The Morgan fingerprint density at radius 1 is 1.15 bits per heavy atom. The summed E-state index contributed by atoms with van der Waals surface area (Å²) >= 11 is 0. The van der Waals surface area contributed by atoms with Gasteiger partial charge < -0.3 is 9.26 Å². The standard InChI is InChI=1S/C19H21N3O4S/c1-14-6-4-7-15(10-14)13-27(23,24)22(2)12-18-20-19(21-26-18)16-8-5-9-17(11-16)25-3/h4-11H,12-13H2,1-3H3. The number of ether oxygens (including phenoxy) is 1. The minimum absolute atomic E-state index is 0.00508. The third kappa shape index (κ3) is 4.72. The molecule has 0 N–H and O–H groups in total. The monoisotopic (exact) mass is 387 g/mol. The van der Waals surface area contributed by atoms with Crippen LogP contribution in [0.3, 0.4) is 0 Å². The largest absolute Gasteiger partial charge is 0.497 e. The van der Waals surface area contributed by atoms with Crippen molar-refractivity contribution in [2.75, 3.05) is 14.2 Å². The molecule has 0 unspecified atom stereocenters. The number of hydrogen-bond donors (Lipinski definition) is 0. The number of benzene rings is 2. The zero-order chi connectivity index (χ0) is 19.4. The van der Waals surface area contributed by atoms with Crippen LogP contribution in [-0.4, -0.2) is 37.0 Å². The Balaban J connectivity index is 1.72. The molecule has 142 valence electrons. The van der Waals surface area contributed by atoms with Gasteiger partial charge in [0.1, 0.15) is 5.75 Å². The van der Waals surface area contributed by atoms with Crippen molar-refractivity contribution in [3.05, 3.63) is 65.5 Å². The maximum Gasteiger partial charge on any atom is 0.242 e. The Labute approximate surface area is 158 Å². The summed E-state index contributed by atoms with van der Waals surface area (Å²) in [5.41, 5.74) is 2.49. The van der Waals surface area contributed by atoms with Gasteiger partial charge in [-0.1, -0.05) is 47.1 Å². The van der Waals surface area contributed by atoms with Crippen molar-refractivity contribution in [1.29, 1.82) is 0 Å². The number of nitrogens with zero attached hydrogens (tertiary/aromatic N) is 3. The van der Waals surface area contributed by atoms with Gasteiger partial charge in [0.2, 0.25) is 21.7 Å². The van der Waals surface area contributed by atoms with E-state index in [9.17, 15) is 8.42 Å².